The summed E-state index contributed by atoms with van der Waals surface area (Å²) in [5.74, 6) is 0.799. The van der Waals surface area contributed by atoms with E-state index < -0.39 is 5.97 Å². The molecule has 0 aliphatic carbocycles. The number of aromatic nitrogens is 2. The van der Waals surface area contributed by atoms with Gasteiger partial charge in [0, 0.05) is 23.5 Å². The van der Waals surface area contributed by atoms with Gasteiger partial charge in [0.15, 0.2) is 5.82 Å². The molecule has 0 radical (unpaired) electrons. The number of esters is 1. The highest BCUT2D eigenvalue weighted by Gasteiger charge is 2.11. The summed E-state index contributed by atoms with van der Waals surface area (Å²) in [7, 11) is 1.30. The Hall–Kier alpha value is -3.68. The van der Waals surface area contributed by atoms with E-state index in [0.29, 0.717) is 34.2 Å². The second-order valence-electron chi connectivity index (χ2n) is 5.40. The van der Waals surface area contributed by atoms with Gasteiger partial charge in [0.1, 0.15) is 11.6 Å². The van der Waals surface area contributed by atoms with Crippen LogP contribution in [-0.4, -0.2) is 29.1 Å². The number of nitrogens with one attached hydrogen (secondary N) is 2. The molecule has 0 unspecified atom stereocenters. The summed E-state index contributed by atoms with van der Waals surface area (Å²) in [5.41, 5.74) is 1.23. The van der Waals surface area contributed by atoms with Gasteiger partial charge in [0.2, 0.25) is 0 Å². The number of nitrogens with zero attached hydrogens (tertiary/aromatic N) is 2. The van der Waals surface area contributed by atoms with Crippen molar-refractivity contribution in [3.63, 3.8) is 0 Å². The first-order valence-electron chi connectivity index (χ1n) is 7.71. The molecule has 0 aliphatic rings. The minimum atomic E-state index is -0.473. The van der Waals surface area contributed by atoms with Gasteiger partial charge in [-0.2, -0.15) is 0 Å². The van der Waals surface area contributed by atoms with Gasteiger partial charge < -0.3 is 19.9 Å². The number of ether oxygens (including phenoxy) is 1. The maximum Gasteiger partial charge on any atom is 0.337 e. The molecule has 0 saturated carbocycles. The summed E-state index contributed by atoms with van der Waals surface area (Å²) >= 11 is 0. The second-order valence-corrected chi connectivity index (χ2v) is 5.40. The Morgan fingerprint density at radius 3 is 2.65 bits per heavy atom. The number of hydrogen-bond donors (Lipinski definition) is 2. The Kier molecular flexibility index (Phi) is 4.93. The van der Waals surface area contributed by atoms with E-state index in [1.54, 1.807) is 49.4 Å². The third-order valence-corrected chi connectivity index (χ3v) is 3.45. The van der Waals surface area contributed by atoms with E-state index in [4.69, 9.17) is 4.52 Å². The first-order valence-corrected chi connectivity index (χ1v) is 7.71. The van der Waals surface area contributed by atoms with Crippen LogP contribution in [0.15, 0.2) is 53.2 Å². The first-order chi connectivity index (χ1) is 12.5. The lowest BCUT2D eigenvalue weighted by molar-refractivity contribution is 0.0600. The van der Waals surface area contributed by atoms with Gasteiger partial charge >= 0.3 is 5.97 Å². The molecular weight excluding hydrogens is 336 g/mol. The van der Waals surface area contributed by atoms with E-state index in [1.165, 1.54) is 13.3 Å². The lowest BCUT2D eigenvalue weighted by Crippen LogP contribution is -2.13. The van der Waals surface area contributed by atoms with Crippen molar-refractivity contribution in [1.82, 2.24) is 10.1 Å². The molecule has 3 aromatic rings. The van der Waals surface area contributed by atoms with Gasteiger partial charge in [-0.25, -0.2) is 9.78 Å². The van der Waals surface area contributed by atoms with E-state index in [2.05, 4.69) is 25.5 Å². The maximum absolute atomic E-state index is 12.5. The SMILES string of the molecule is COC(=O)c1cccc(NC(=O)c2ccnc(Nc3cc(C)on3)c2)c1. The Bertz CT molecular complexity index is 952. The second kappa shape index (κ2) is 7.47. The van der Waals surface area contributed by atoms with Crippen LogP contribution in [0, 0.1) is 6.92 Å². The summed E-state index contributed by atoms with van der Waals surface area (Å²) in [5, 5.41) is 9.51. The number of methoxy groups -OCH3 is 1. The minimum absolute atomic E-state index is 0.339. The molecule has 0 atom stereocenters. The molecule has 2 aromatic heterocycles. The van der Waals surface area contributed by atoms with Crippen molar-refractivity contribution in [1.29, 1.82) is 0 Å². The van der Waals surface area contributed by atoms with Gasteiger partial charge in [-0.05, 0) is 37.3 Å². The molecule has 0 fully saturated rings. The van der Waals surface area contributed by atoms with E-state index >= 15 is 0 Å². The van der Waals surface area contributed by atoms with Crippen molar-refractivity contribution >= 4 is 29.2 Å². The molecule has 26 heavy (non-hydrogen) atoms. The molecule has 1 amide bonds. The highest BCUT2D eigenvalue weighted by molar-refractivity contribution is 6.05. The van der Waals surface area contributed by atoms with E-state index in [1.807, 2.05) is 0 Å². The third-order valence-electron chi connectivity index (χ3n) is 3.45. The maximum atomic E-state index is 12.5. The smallest absolute Gasteiger partial charge is 0.337 e. The molecule has 2 heterocycles. The average Bonchev–Trinajstić information content (AvgIpc) is 3.06. The van der Waals surface area contributed by atoms with Crippen LogP contribution in [0.2, 0.25) is 0 Å². The van der Waals surface area contributed by atoms with Gasteiger partial charge in [0.05, 0.1) is 12.7 Å². The van der Waals surface area contributed by atoms with Crippen LogP contribution in [-0.2, 0) is 4.74 Å². The fourth-order valence-electron chi connectivity index (χ4n) is 2.24. The van der Waals surface area contributed by atoms with E-state index in [0.717, 1.165) is 0 Å². The number of carbonyl (C=O) groups is 2. The number of hydrogen-bond acceptors (Lipinski definition) is 7. The standard InChI is InChI=1S/C18H16N4O4/c1-11-8-16(22-26-11)21-15-10-12(6-7-19-15)17(23)20-14-5-3-4-13(9-14)18(24)25-2/h3-10H,1-2H3,(H,20,23)(H,19,21,22). The Morgan fingerprint density at radius 1 is 1.08 bits per heavy atom. The van der Waals surface area contributed by atoms with Gasteiger partial charge in [-0.1, -0.05) is 11.2 Å². The Balaban J connectivity index is 1.74. The predicted octanol–water partition coefficient (Wildman–Crippen LogP) is 3.16. The molecular formula is C18H16N4O4. The van der Waals surface area contributed by atoms with Crippen LogP contribution in [0.25, 0.3) is 0 Å². The quantitative estimate of drug-likeness (QED) is 0.679. The highest BCUT2D eigenvalue weighted by Crippen LogP contribution is 2.17. The summed E-state index contributed by atoms with van der Waals surface area (Å²) in [6.07, 6.45) is 1.51. The largest absolute Gasteiger partial charge is 0.465 e. The zero-order valence-electron chi connectivity index (χ0n) is 14.1. The van der Waals surface area contributed by atoms with Crippen LogP contribution < -0.4 is 10.6 Å². The zero-order valence-corrected chi connectivity index (χ0v) is 14.1. The number of amides is 1. The molecule has 2 N–H and O–H groups in total. The molecule has 132 valence electrons. The molecule has 0 saturated heterocycles. The highest BCUT2D eigenvalue weighted by atomic mass is 16.5. The number of pyridine rings is 1. The molecule has 8 nitrogen and oxygen atoms in total. The normalized spacial score (nSPS) is 10.2. The third kappa shape index (κ3) is 4.04. The fraction of sp³-hybridized carbons (Fsp3) is 0.111. The molecule has 8 heteroatoms. The Morgan fingerprint density at radius 2 is 1.92 bits per heavy atom. The van der Waals surface area contributed by atoms with Crippen LogP contribution in [0.1, 0.15) is 26.5 Å². The molecule has 1 aromatic carbocycles. The number of anilines is 3. The van der Waals surface area contributed by atoms with Crippen LogP contribution in [0.4, 0.5) is 17.3 Å². The number of rotatable bonds is 5. The average molecular weight is 352 g/mol. The van der Waals surface area contributed by atoms with Crippen LogP contribution in [0.3, 0.4) is 0 Å². The summed E-state index contributed by atoms with van der Waals surface area (Å²) in [6.45, 7) is 1.78. The van der Waals surface area contributed by atoms with Crippen molar-refractivity contribution < 1.29 is 18.8 Å². The number of carbonyl (C=O) groups excluding carboxylic acids is 2. The lowest BCUT2D eigenvalue weighted by atomic mass is 10.2. The monoisotopic (exact) mass is 352 g/mol. The molecule has 0 spiro atoms. The minimum Gasteiger partial charge on any atom is -0.465 e. The number of benzene rings is 1. The van der Waals surface area contributed by atoms with Crippen LogP contribution >= 0.6 is 0 Å². The van der Waals surface area contributed by atoms with Gasteiger partial charge in [-0.3, -0.25) is 4.79 Å². The van der Waals surface area contributed by atoms with Crippen molar-refractivity contribution in [2.24, 2.45) is 0 Å². The summed E-state index contributed by atoms with van der Waals surface area (Å²) < 4.78 is 9.65. The topological polar surface area (TPSA) is 106 Å². The predicted molar refractivity (Wildman–Crippen MR) is 94.5 cm³/mol. The zero-order chi connectivity index (χ0) is 18.5. The lowest BCUT2D eigenvalue weighted by Gasteiger charge is -2.08. The van der Waals surface area contributed by atoms with Gasteiger partial charge in [-0.15, -0.1) is 0 Å². The van der Waals surface area contributed by atoms with Crippen molar-refractivity contribution in [3.8, 4) is 0 Å². The fourth-order valence-corrected chi connectivity index (χ4v) is 2.24. The van der Waals surface area contributed by atoms with Crippen LogP contribution in [0.5, 0.6) is 0 Å². The summed E-state index contributed by atoms with van der Waals surface area (Å²) in [6, 6.07) is 11.4. The van der Waals surface area contributed by atoms with E-state index in [9.17, 15) is 9.59 Å². The van der Waals surface area contributed by atoms with Gasteiger partial charge in [0.25, 0.3) is 5.91 Å². The number of aryl methyl sites for hydroxylation is 1. The first kappa shape index (κ1) is 17.2. The Labute approximate surface area is 149 Å². The van der Waals surface area contributed by atoms with Crippen molar-refractivity contribution in [2.45, 2.75) is 6.92 Å². The molecule has 0 aliphatic heterocycles. The van der Waals surface area contributed by atoms with E-state index in [-0.39, 0.29) is 5.91 Å². The van der Waals surface area contributed by atoms with Crippen molar-refractivity contribution in [2.75, 3.05) is 17.7 Å². The van der Waals surface area contributed by atoms with Crippen molar-refractivity contribution in [3.05, 3.63) is 65.5 Å². The molecule has 0 bridgehead atoms. The summed E-state index contributed by atoms with van der Waals surface area (Å²) in [4.78, 5) is 28.2. The molecule has 3 rings (SSSR count).